The van der Waals surface area contributed by atoms with Gasteiger partial charge in [0.05, 0.1) is 0 Å². The Morgan fingerprint density at radius 3 is 2.43 bits per heavy atom. The lowest BCUT2D eigenvalue weighted by atomic mass is 9.82. The highest BCUT2D eigenvalue weighted by Gasteiger charge is 2.57. The summed E-state index contributed by atoms with van der Waals surface area (Å²) in [5, 5.41) is 21.2. The van der Waals surface area contributed by atoms with Crippen molar-refractivity contribution >= 4 is 34.5 Å². The van der Waals surface area contributed by atoms with Crippen molar-refractivity contribution in [3.05, 3.63) is 15.8 Å². The Kier molecular flexibility index (Phi) is 3.50. The Balaban J connectivity index is 1.80. The third-order valence-electron chi connectivity index (χ3n) is 4.83. The smallest absolute Gasteiger partial charge is 0.408 e. The van der Waals surface area contributed by atoms with E-state index in [0.717, 1.165) is 35.2 Å². The lowest BCUT2D eigenvalue weighted by Crippen LogP contribution is -2.61. The summed E-state index contributed by atoms with van der Waals surface area (Å²) >= 11 is 2.12. The van der Waals surface area contributed by atoms with Gasteiger partial charge in [-0.3, -0.25) is 4.90 Å². The van der Waals surface area contributed by atoms with E-state index in [2.05, 4.69) is 52.0 Å². The van der Waals surface area contributed by atoms with Crippen molar-refractivity contribution in [1.82, 2.24) is 15.1 Å². The first-order valence-electron chi connectivity index (χ1n) is 7.11. The maximum Gasteiger partial charge on any atom is 0.408 e. The van der Waals surface area contributed by atoms with Crippen LogP contribution in [0.3, 0.4) is 0 Å². The van der Waals surface area contributed by atoms with Crippen molar-refractivity contribution in [2.45, 2.75) is 56.7 Å². The van der Waals surface area contributed by atoms with Crippen molar-refractivity contribution in [3.8, 4) is 0 Å². The van der Waals surface area contributed by atoms with Crippen LogP contribution >= 0.6 is 22.6 Å². The van der Waals surface area contributed by atoms with E-state index in [9.17, 15) is 9.90 Å². The molecular formula is C14H19IN4O2. The highest BCUT2D eigenvalue weighted by atomic mass is 127. The minimum absolute atomic E-state index is 0.229. The predicted molar refractivity (Wildman–Crippen MR) is 87.3 cm³/mol. The monoisotopic (exact) mass is 402 g/mol. The van der Waals surface area contributed by atoms with Crippen LogP contribution in [0.5, 0.6) is 0 Å². The summed E-state index contributed by atoms with van der Waals surface area (Å²) in [6.45, 7) is 4.11. The van der Waals surface area contributed by atoms with E-state index in [1.165, 1.54) is 0 Å². The molecule has 3 rings (SSSR count). The Morgan fingerprint density at radius 2 is 1.95 bits per heavy atom. The van der Waals surface area contributed by atoms with Crippen LogP contribution in [0.1, 0.15) is 39.5 Å². The summed E-state index contributed by atoms with van der Waals surface area (Å²) in [5.74, 6) is 0.760. The molecule has 0 radical (unpaired) electrons. The number of hydrogen-bond donors (Lipinski definition) is 2. The molecule has 21 heavy (non-hydrogen) atoms. The number of aromatic nitrogens is 2. The van der Waals surface area contributed by atoms with Crippen LogP contribution in [-0.4, -0.2) is 43.4 Å². The largest absolute Gasteiger partial charge is 0.465 e. The first-order chi connectivity index (χ1) is 9.82. The van der Waals surface area contributed by atoms with Gasteiger partial charge in [-0.05, 0) is 74.3 Å². The zero-order chi connectivity index (χ0) is 15.3. The number of carboxylic acid groups (broad SMARTS) is 1. The molecule has 2 saturated heterocycles. The summed E-state index contributed by atoms with van der Waals surface area (Å²) in [7, 11) is 0. The van der Waals surface area contributed by atoms with E-state index in [4.69, 9.17) is 0 Å². The number of hydrogen-bond acceptors (Lipinski definition) is 4. The van der Waals surface area contributed by atoms with Crippen LogP contribution in [0.25, 0.3) is 0 Å². The molecule has 1 aromatic heterocycles. The van der Waals surface area contributed by atoms with E-state index < -0.39 is 6.09 Å². The molecule has 2 bridgehead atoms. The predicted octanol–water partition coefficient (Wildman–Crippen LogP) is 2.95. The molecule has 2 aliphatic heterocycles. The van der Waals surface area contributed by atoms with Crippen molar-refractivity contribution < 1.29 is 9.90 Å². The SMILES string of the molecule is C[C@]12CC[C@](C)(CC(Nc3ccc(I)nn3)C1)N2C(=O)O. The number of nitrogens with zero attached hydrogens (tertiary/aromatic N) is 3. The zero-order valence-corrected chi connectivity index (χ0v) is 14.3. The Bertz CT molecular complexity index is 547. The van der Waals surface area contributed by atoms with Gasteiger partial charge in [-0.15, -0.1) is 10.2 Å². The molecule has 0 saturated carbocycles. The van der Waals surface area contributed by atoms with Crippen LogP contribution in [0, 0.1) is 3.70 Å². The van der Waals surface area contributed by atoms with Gasteiger partial charge in [-0.1, -0.05) is 0 Å². The van der Waals surface area contributed by atoms with Crippen LogP contribution in [-0.2, 0) is 0 Å². The second-order valence-corrected chi connectivity index (χ2v) is 7.71. The van der Waals surface area contributed by atoms with Crippen molar-refractivity contribution in [2.24, 2.45) is 0 Å². The molecule has 0 aliphatic carbocycles. The van der Waals surface area contributed by atoms with Gasteiger partial charge in [0.15, 0.2) is 0 Å². The quantitative estimate of drug-likeness (QED) is 0.744. The standard InChI is InChI=1S/C14H19IN4O2/c1-13-5-6-14(2,19(13)12(20)21)8-9(7-13)16-11-4-3-10(15)17-18-11/h3-4,9H,5-8H2,1-2H3,(H,16,18)(H,20,21)/t9?,13-,14+. The van der Waals surface area contributed by atoms with E-state index in [0.29, 0.717) is 0 Å². The van der Waals surface area contributed by atoms with Gasteiger partial charge in [-0.2, -0.15) is 0 Å². The first kappa shape index (κ1) is 14.8. The van der Waals surface area contributed by atoms with Gasteiger partial charge in [0.25, 0.3) is 0 Å². The molecule has 0 spiro atoms. The van der Waals surface area contributed by atoms with Crippen molar-refractivity contribution in [3.63, 3.8) is 0 Å². The average molecular weight is 402 g/mol. The van der Waals surface area contributed by atoms with Gasteiger partial charge in [-0.25, -0.2) is 4.79 Å². The lowest BCUT2D eigenvalue weighted by molar-refractivity contribution is 0.0167. The van der Waals surface area contributed by atoms with Gasteiger partial charge >= 0.3 is 6.09 Å². The highest BCUT2D eigenvalue weighted by Crippen LogP contribution is 2.50. The maximum atomic E-state index is 11.6. The number of rotatable bonds is 2. The van der Waals surface area contributed by atoms with E-state index in [1.54, 1.807) is 4.90 Å². The number of carbonyl (C=O) groups is 1. The molecule has 3 atom stereocenters. The van der Waals surface area contributed by atoms with Crippen LogP contribution in [0.2, 0.25) is 0 Å². The fraction of sp³-hybridized carbons (Fsp3) is 0.643. The van der Waals surface area contributed by atoms with Crippen molar-refractivity contribution in [1.29, 1.82) is 0 Å². The van der Waals surface area contributed by atoms with Gasteiger partial charge in [0.1, 0.15) is 9.52 Å². The molecule has 6 nitrogen and oxygen atoms in total. The Labute approximate surface area is 137 Å². The molecule has 1 aromatic rings. The molecule has 0 aromatic carbocycles. The molecular weight excluding hydrogens is 383 g/mol. The first-order valence-corrected chi connectivity index (χ1v) is 8.19. The number of piperidine rings is 1. The van der Waals surface area contributed by atoms with Gasteiger partial charge < -0.3 is 10.4 Å². The topological polar surface area (TPSA) is 78.4 Å². The minimum atomic E-state index is -0.801. The second-order valence-electron chi connectivity index (χ2n) is 6.60. The maximum absolute atomic E-state index is 11.6. The summed E-state index contributed by atoms with van der Waals surface area (Å²) in [5.41, 5.74) is -0.569. The van der Waals surface area contributed by atoms with E-state index in [-0.39, 0.29) is 17.1 Å². The number of anilines is 1. The summed E-state index contributed by atoms with van der Waals surface area (Å²) < 4.78 is 0.859. The van der Waals surface area contributed by atoms with Crippen LogP contribution < -0.4 is 5.32 Å². The second kappa shape index (κ2) is 4.96. The minimum Gasteiger partial charge on any atom is -0.465 e. The molecule has 2 fully saturated rings. The molecule has 1 amide bonds. The number of nitrogens with one attached hydrogen (secondary N) is 1. The molecule has 114 valence electrons. The van der Waals surface area contributed by atoms with Crippen molar-refractivity contribution in [2.75, 3.05) is 5.32 Å². The van der Waals surface area contributed by atoms with Gasteiger partial charge in [0, 0.05) is 17.1 Å². The molecule has 2 aliphatic rings. The fourth-order valence-corrected chi connectivity index (χ4v) is 4.39. The lowest BCUT2D eigenvalue weighted by Gasteiger charge is -2.49. The average Bonchev–Trinajstić information content (AvgIpc) is 2.56. The summed E-state index contributed by atoms with van der Waals surface area (Å²) in [4.78, 5) is 13.3. The zero-order valence-electron chi connectivity index (χ0n) is 12.1. The summed E-state index contributed by atoms with van der Waals surface area (Å²) in [6.07, 6.45) is 2.66. The normalized spacial score (nSPS) is 34.8. The molecule has 2 N–H and O–H groups in total. The number of amides is 1. The fourth-order valence-electron chi connectivity index (χ4n) is 4.10. The highest BCUT2D eigenvalue weighted by molar-refractivity contribution is 14.1. The molecule has 7 heteroatoms. The molecule has 3 heterocycles. The van der Waals surface area contributed by atoms with Crippen LogP contribution in [0.15, 0.2) is 12.1 Å². The summed E-state index contributed by atoms with van der Waals surface area (Å²) in [6, 6.07) is 4.07. The third kappa shape index (κ3) is 2.56. The number of fused-ring (bicyclic) bond motifs is 2. The van der Waals surface area contributed by atoms with E-state index in [1.807, 2.05) is 12.1 Å². The van der Waals surface area contributed by atoms with Gasteiger partial charge in [0.2, 0.25) is 0 Å². The Morgan fingerprint density at radius 1 is 1.33 bits per heavy atom. The number of halogens is 1. The Hall–Kier alpha value is -1.12. The van der Waals surface area contributed by atoms with Crippen LogP contribution in [0.4, 0.5) is 10.6 Å². The van der Waals surface area contributed by atoms with E-state index >= 15 is 0 Å². The molecule has 1 unspecified atom stereocenters. The third-order valence-corrected chi connectivity index (χ3v) is 5.40.